The van der Waals surface area contributed by atoms with Crippen molar-refractivity contribution in [2.24, 2.45) is 0 Å². The van der Waals surface area contributed by atoms with Gasteiger partial charge in [0.05, 0.1) is 10.0 Å². The Hall–Kier alpha value is -1.52. The van der Waals surface area contributed by atoms with Crippen LogP contribution in [0.4, 0.5) is 5.95 Å². The van der Waals surface area contributed by atoms with E-state index in [4.69, 9.17) is 33.7 Å². The van der Waals surface area contributed by atoms with E-state index in [0.29, 0.717) is 21.7 Å². The lowest BCUT2D eigenvalue weighted by atomic mass is 10.3. The van der Waals surface area contributed by atoms with Crippen LogP contribution in [0.1, 0.15) is 0 Å². The lowest BCUT2D eigenvalue weighted by Gasteiger charge is -2.07. The number of hydrogen-bond acceptors (Lipinski definition) is 4. The van der Waals surface area contributed by atoms with E-state index in [1.54, 1.807) is 24.3 Å². The molecule has 2 rings (SSSR count). The van der Waals surface area contributed by atoms with E-state index in [0.717, 1.165) is 0 Å². The molecule has 82 valence electrons. The van der Waals surface area contributed by atoms with Crippen molar-refractivity contribution < 1.29 is 4.74 Å². The Labute approximate surface area is 102 Å². The highest BCUT2D eigenvalue weighted by Gasteiger charge is 2.08. The Balaban J connectivity index is 2.34. The molecule has 16 heavy (non-hydrogen) atoms. The van der Waals surface area contributed by atoms with Crippen molar-refractivity contribution in [1.29, 1.82) is 0 Å². The smallest absolute Gasteiger partial charge is 0.224 e. The highest BCUT2D eigenvalue weighted by atomic mass is 35.5. The standard InChI is InChI=1S/C10H7Cl2N3O/c11-6-2-1-3-7(12)9(6)16-8-4-5-14-10(13)15-8/h1-5H,(H2,13,14,15). The summed E-state index contributed by atoms with van der Waals surface area (Å²) in [5.74, 6) is 0.770. The Morgan fingerprint density at radius 3 is 2.44 bits per heavy atom. The predicted octanol–water partition coefficient (Wildman–Crippen LogP) is 3.16. The Morgan fingerprint density at radius 2 is 1.81 bits per heavy atom. The van der Waals surface area contributed by atoms with Gasteiger partial charge in [0.1, 0.15) is 0 Å². The average molecular weight is 256 g/mol. The number of halogens is 2. The molecule has 1 aromatic heterocycles. The lowest BCUT2D eigenvalue weighted by molar-refractivity contribution is 0.463. The topological polar surface area (TPSA) is 61.0 Å². The maximum Gasteiger partial charge on any atom is 0.224 e. The van der Waals surface area contributed by atoms with Crippen molar-refractivity contribution in [3.8, 4) is 11.6 Å². The number of anilines is 1. The third-order valence-electron chi connectivity index (χ3n) is 1.77. The first-order chi connectivity index (χ1) is 7.66. The van der Waals surface area contributed by atoms with Gasteiger partial charge in [0.25, 0.3) is 0 Å². The molecule has 1 aromatic carbocycles. The molecule has 1 heterocycles. The summed E-state index contributed by atoms with van der Waals surface area (Å²) in [4.78, 5) is 7.62. The van der Waals surface area contributed by atoms with Crippen LogP contribution in [-0.2, 0) is 0 Å². The van der Waals surface area contributed by atoms with Gasteiger partial charge in [0.15, 0.2) is 5.75 Å². The predicted molar refractivity (Wildman–Crippen MR) is 63.0 cm³/mol. The number of hydrogen-bond donors (Lipinski definition) is 1. The minimum absolute atomic E-state index is 0.126. The van der Waals surface area contributed by atoms with Crippen molar-refractivity contribution in [3.63, 3.8) is 0 Å². The summed E-state index contributed by atoms with van der Waals surface area (Å²) in [5, 5.41) is 0.814. The number of nitrogen functional groups attached to an aromatic ring is 1. The molecule has 0 saturated carbocycles. The van der Waals surface area contributed by atoms with E-state index in [9.17, 15) is 0 Å². The second-order valence-electron chi connectivity index (χ2n) is 2.91. The van der Waals surface area contributed by atoms with Gasteiger partial charge in [0, 0.05) is 12.3 Å². The van der Waals surface area contributed by atoms with Crippen molar-refractivity contribution in [2.75, 3.05) is 5.73 Å². The number of ether oxygens (including phenoxy) is 1. The number of aromatic nitrogens is 2. The van der Waals surface area contributed by atoms with Crippen LogP contribution in [0, 0.1) is 0 Å². The monoisotopic (exact) mass is 255 g/mol. The average Bonchev–Trinajstić information content (AvgIpc) is 2.24. The zero-order chi connectivity index (χ0) is 11.5. The molecular weight excluding hydrogens is 249 g/mol. The van der Waals surface area contributed by atoms with Gasteiger partial charge in [-0.1, -0.05) is 29.3 Å². The van der Waals surface area contributed by atoms with Gasteiger partial charge in [0.2, 0.25) is 11.8 Å². The molecule has 2 aromatic rings. The quantitative estimate of drug-likeness (QED) is 0.896. The van der Waals surface area contributed by atoms with Gasteiger partial charge in [-0.3, -0.25) is 0 Å². The fourth-order valence-electron chi connectivity index (χ4n) is 1.10. The minimum atomic E-state index is 0.126. The zero-order valence-electron chi connectivity index (χ0n) is 8.02. The molecule has 0 aliphatic rings. The Morgan fingerprint density at radius 1 is 1.12 bits per heavy atom. The highest BCUT2D eigenvalue weighted by molar-refractivity contribution is 6.37. The fourth-order valence-corrected chi connectivity index (χ4v) is 1.57. The van der Waals surface area contributed by atoms with Crippen molar-refractivity contribution in [2.45, 2.75) is 0 Å². The summed E-state index contributed by atoms with van der Waals surface area (Å²) in [6.45, 7) is 0. The zero-order valence-corrected chi connectivity index (χ0v) is 9.53. The van der Waals surface area contributed by atoms with Gasteiger partial charge < -0.3 is 10.5 Å². The van der Waals surface area contributed by atoms with E-state index >= 15 is 0 Å². The summed E-state index contributed by atoms with van der Waals surface area (Å²) in [6.07, 6.45) is 1.49. The second kappa shape index (κ2) is 4.55. The molecule has 0 bridgehead atoms. The SMILES string of the molecule is Nc1nccc(Oc2c(Cl)cccc2Cl)n1. The molecule has 2 N–H and O–H groups in total. The van der Waals surface area contributed by atoms with Crippen LogP contribution < -0.4 is 10.5 Å². The van der Waals surface area contributed by atoms with Gasteiger partial charge in [-0.15, -0.1) is 0 Å². The summed E-state index contributed by atoms with van der Waals surface area (Å²) in [5.41, 5.74) is 5.42. The molecule has 0 spiro atoms. The normalized spacial score (nSPS) is 10.1. The van der Waals surface area contributed by atoms with Crippen LogP contribution in [0.15, 0.2) is 30.5 Å². The van der Waals surface area contributed by atoms with Crippen molar-refractivity contribution >= 4 is 29.2 Å². The van der Waals surface area contributed by atoms with E-state index in [1.165, 1.54) is 6.20 Å². The Bertz CT molecular complexity index is 499. The largest absolute Gasteiger partial charge is 0.436 e. The molecule has 0 amide bonds. The third-order valence-corrected chi connectivity index (χ3v) is 2.37. The van der Waals surface area contributed by atoms with Gasteiger partial charge >= 0.3 is 0 Å². The molecule has 0 aliphatic heterocycles. The molecule has 0 fully saturated rings. The van der Waals surface area contributed by atoms with E-state index in [-0.39, 0.29) is 5.95 Å². The molecule has 0 radical (unpaired) electrons. The molecular formula is C10H7Cl2N3O. The van der Waals surface area contributed by atoms with Crippen LogP contribution in [0.5, 0.6) is 11.6 Å². The first-order valence-corrected chi connectivity index (χ1v) is 5.13. The van der Waals surface area contributed by atoms with E-state index in [1.807, 2.05) is 0 Å². The van der Waals surface area contributed by atoms with E-state index < -0.39 is 0 Å². The molecule has 4 nitrogen and oxygen atoms in total. The lowest BCUT2D eigenvalue weighted by Crippen LogP contribution is -1.96. The van der Waals surface area contributed by atoms with Gasteiger partial charge in [-0.2, -0.15) is 4.98 Å². The van der Waals surface area contributed by atoms with Crippen molar-refractivity contribution in [3.05, 3.63) is 40.5 Å². The second-order valence-corrected chi connectivity index (χ2v) is 3.72. The van der Waals surface area contributed by atoms with Crippen molar-refractivity contribution in [1.82, 2.24) is 9.97 Å². The van der Waals surface area contributed by atoms with Crippen LogP contribution in [-0.4, -0.2) is 9.97 Å². The summed E-state index contributed by atoms with van der Waals surface area (Å²) < 4.78 is 5.43. The number of para-hydroxylation sites is 1. The molecule has 0 unspecified atom stereocenters. The first kappa shape index (κ1) is 11.0. The van der Waals surface area contributed by atoms with Crippen LogP contribution in [0.3, 0.4) is 0 Å². The summed E-state index contributed by atoms with van der Waals surface area (Å²) in [7, 11) is 0. The maximum absolute atomic E-state index is 5.94. The molecule has 0 aliphatic carbocycles. The number of nitrogens with two attached hydrogens (primary N) is 1. The maximum atomic E-state index is 5.94. The van der Waals surface area contributed by atoms with Crippen LogP contribution >= 0.6 is 23.2 Å². The minimum Gasteiger partial charge on any atom is -0.436 e. The van der Waals surface area contributed by atoms with E-state index in [2.05, 4.69) is 9.97 Å². The molecule has 0 atom stereocenters. The molecule has 0 saturated heterocycles. The fraction of sp³-hybridized carbons (Fsp3) is 0. The summed E-state index contributed by atoms with van der Waals surface area (Å²) in [6, 6.07) is 6.64. The molecule has 6 heteroatoms. The number of nitrogens with zero attached hydrogens (tertiary/aromatic N) is 2. The number of rotatable bonds is 2. The first-order valence-electron chi connectivity index (χ1n) is 4.37. The van der Waals surface area contributed by atoms with Crippen LogP contribution in [0.25, 0.3) is 0 Å². The highest BCUT2D eigenvalue weighted by Crippen LogP contribution is 2.35. The Kier molecular flexibility index (Phi) is 3.12. The summed E-state index contributed by atoms with van der Waals surface area (Å²) >= 11 is 11.9. The van der Waals surface area contributed by atoms with Gasteiger partial charge in [-0.05, 0) is 12.1 Å². The third kappa shape index (κ3) is 2.35. The van der Waals surface area contributed by atoms with Gasteiger partial charge in [-0.25, -0.2) is 4.98 Å². The number of benzene rings is 1. The van der Waals surface area contributed by atoms with Crippen LogP contribution in [0.2, 0.25) is 10.0 Å².